The Labute approximate surface area is 168 Å². The van der Waals surface area contributed by atoms with E-state index in [4.69, 9.17) is 0 Å². The minimum Gasteiger partial charge on any atom is -0.319 e. The lowest BCUT2D eigenvalue weighted by Gasteiger charge is -2.24. The van der Waals surface area contributed by atoms with E-state index in [-0.39, 0.29) is 16.6 Å². The summed E-state index contributed by atoms with van der Waals surface area (Å²) in [7, 11) is -3.71. The van der Waals surface area contributed by atoms with Crippen molar-refractivity contribution in [1.29, 1.82) is 0 Å². The van der Waals surface area contributed by atoms with Gasteiger partial charge in [-0.3, -0.25) is 9.10 Å². The van der Waals surface area contributed by atoms with Crippen LogP contribution in [0, 0.1) is 5.82 Å². The molecule has 1 aliphatic heterocycles. The number of carbonyl (C=O) groups is 1. The molecule has 0 saturated carbocycles. The van der Waals surface area contributed by atoms with Gasteiger partial charge in [-0.2, -0.15) is 0 Å². The zero-order chi connectivity index (χ0) is 20.6. The maximum absolute atomic E-state index is 13.8. The van der Waals surface area contributed by atoms with E-state index in [1.54, 1.807) is 60.7 Å². The second kappa shape index (κ2) is 7.33. The van der Waals surface area contributed by atoms with E-state index in [0.29, 0.717) is 17.7 Å². The van der Waals surface area contributed by atoms with Crippen LogP contribution in [0.25, 0.3) is 0 Å². The number of fused-ring (bicyclic) bond motifs is 1. The molecule has 0 aromatic heterocycles. The standard InChI is InChI=1S/C22H19FN2O3S/c1-15-13-17-14-16(22(26)24-20-10-6-5-9-19(20)23)11-12-21(17)25(15)29(27,28)18-7-3-2-4-8-18/h2-12,14-15H,13H2,1H3,(H,24,26)/t15-/m1/s1. The third-order valence-electron chi connectivity index (χ3n) is 4.92. The molecule has 0 aliphatic carbocycles. The fourth-order valence-corrected chi connectivity index (χ4v) is 5.29. The highest BCUT2D eigenvalue weighted by molar-refractivity contribution is 7.92. The largest absolute Gasteiger partial charge is 0.319 e. The topological polar surface area (TPSA) is 66.5 Å². The lowest BCUT2D eigenvalue weighted by molar-refractivity contribution is 0.102. The Morgan fingerprint density at radius 1 is 1.03 bits per heavy atom. The van der Waals surface area contributed by atoms with Crippen molar-refractivity contribution in [2.75, 3.05) is 9.62 Å². The van der Waals surface area contributed by atoms with Crippen LogP contribution >= 0.6 is 0 Å². The molecular weight excluding hydrogens is 391 g/mol. The summed E-state index contributed by atoms with van der Waals surface area (Å²) in [5, 5.41) is 2.55. The molecule has 1 amide bonds. The summed E-state index contributed by atoms with van der Waals surface area (Å²) >= 11 is 0. The zero-order valence-corrected chi connectivity index (χ0v) is 16.5. The number of nitrogens with zero attached hydrogens (tertiary/aromatic N) is 1. The Morgan fingerprint density at radius 2 is 1.72 bits per heavy atom. The van der Waals surface area contributed by atoms with Gasteiger partial charge in [0, 0.05) is 11.6 Å². The normalized spacial score (nSPS) is 15.8. The molecule has 3 aromatic rings. The summed E-state index contributed by atoms with van der Waals surface area (Å²) in [5.74, 6) is -0.967. The first kappa shape index (κ1) is 19.1. The van der Waals surface area contributed by atoms with Gasteiger partial charge in [-0.1, -0.05) is 30.3 Å². The van der Waals surface area contributed by atoms with E-state index in [0.717, 1.165) is 5.56 Å². The fourth-order valence-electron chi connectivity index (χ4n) is 3.57. The van der Waals surface area contributed by atoms with E-state index >= 15 is 0 Å². The first-order chi connectivity index (χ1) is 13.9. The molecule has 7 heteroatoms. The molecule has 4 rings (SSSR count). The van der Waals surface area contributed by atoms with Gasteiger partial charge in [0.1, 0.15) is 5.82 Å². The minimum atomic E-state index is -3.71. The molecule has 0 saturated heterocycles. The highest BCUT2D eigenvalue weighted by Gasteiger charge is 2.36. The molecule has 0 spiro atoms. The Morgan fingerprint density at radius 3 is 2.45 bits per heavy atom. The predicted octanol–water partition coefficient (Wildman–Crippen LogP) is 4.22. The zero-order valence-electron chi connectivity index (χ0n) is 15.7. The average molecular weight is 410 g/mol. The second-order valence-corrected chi connectivity index (χ2v) is 8.76. The molecule has 0 bridgehead atoms. The van der Waals surface area contributed by atoms with Gasteiger partial charge in [0.05, 0.1) is 16.3 Å². The average Bonchev–Trinajstić information content (AvgIpc) is 3.06. The molecule has 148 valence electrons. The highest BCUT2D eigenvalue weighted by Crippen LogP contribution is 2.37. The number of carbonyl (C=O) groups excluding carboxylic acids is 1. The van der Waals surface area contributed by atoms with Crippen LogP contribution in [0.15, 0.2) is 77.7 Å². The SMILES string of the molecule is C[C@@H]1Cc2cc(C(=O)Nc3ccccc3F)ccc2N1S(=O)(=O)c1ccccc1. The van der Waals surface area contributed by atoms with E-state index in [1.807, 2.05) is 6.92 Å². The predicted molar refractivity (Wildman–Crippen MR) is 110 cm³/mol. The summed E-state index contributed by atoms with van der Waals surface area (Å²) in [6.45, 7) is 1.83. The number of sulfonamides is 1. The van der Waals surface area contributed by atoms with Crippen molar-refractivity contribution in [3.63, 3.8) is 0 Å². The molecule has 1 heterocycles. The Hall–Kier alpha value is -3.19. The third-order valence-corrected chi connectivity index (χ3v) is 6.86. The summed E-state index contributed by atoms with van der Waals surface area (Å²) in [6.07, 6.45) is 0.488. The van der Waals surface area contributed by atoms with Crippen molar-refractivity contribution < 1.29 is 17.6 Å². The first-order valence-corrected chi connectivity index (χ1v) is 10.6. The van der Waals surface area contributed by atoms with E-state index < -0.39 is 21.7 Å². The maximum Gasteiger partial charge on any atom is 0.264 e. The van der Waals surface area contributed by atoms with Gasteiger partial charge in [-0.15, -0.1) is 0 Å². The number of hydrogen-bond donors (Lipinski definition) is 1. The summed E-state index contributed by atoms with van der Waals surface area (Å²) < 4.78 is 41.4. The van der Waals surface area contributed by atoms with Crippen LogP contribution in [-0.2, 0) is 16.4 Å². The van der Waals surface area contributed by atoms with Crippen molar-refractivity contribution in [3.8, 4) is 0 Å². The van der Waals surface area contributed by atoms with Crippen molar-refractivity contribution >= 4 is 27.3 Å². The molecule has 5 nitrogen and oxygen atoms in total. The fraction of sp³-hybridized carbons (Fsp3) is 0.136. The van der Waals surface area contributed by atoms with Crippen LogP contribution in [0.5, 0.6) is 0 Å². The Bertz CT molecular complexity index is 1180. The van der Waals surface area contributed by atoms with Crippen LogP contribution in [0.2, 0.25) is 0 Å². The van der Waals surface area contributed by atoms with Gasteiger partial charge in [0.2, 0.25) is 0 Å². The molecule has 0 unspecified atom stereocenters. The van der Waals surface area contributed by atoms with Crippen molar-refractivity contribution in [1.82, 2.24) is 0 Å². The smallest absolute Gasteiger partial charge is 0.264 e. The van der Waals surface area contributed by atoms with E-state index in [9.17, 15) is 17.6 Å². The molecular formula is C22H19FN2O3S. The van der Waals surface area contributed by atoms with Crippen molar-refractivity contribution in [3.05, 3.63) is 89.7 Å². The monoisotopic (exact) mass is 410 g/mol. The molecule has 1 N–H and O–H groups in total. The number of anilines is 2. The number of para-hydroxylation sites is 1. The lowest BCUT2D eigenvalue weighted by Crippen LogP contribution is -2.35. The lowest BCUT2D eigenvalue weighted by atomic mass is 10.1. The minimum absolute atomic E-state index is 0.0969. The molecule has 1 atom stereocenters. The van der Waals surface area contributed by atoms with Gasteiger partial charge < -0.3 is 5.32 Å². The summed E-state index contributed by atoms with van der Waals surface area (Å²) in [4.78, 5) is 12.8. The van der Waals surface area contributed by atoms with Gasteiger partial charge in [0.15, 0.2) is 0 Å². The third kappa shape index (κ3) is 3.49. The summed E-state index contributed by atoms with van der Waals surface area (Å²) in [5.41, 5.74) is 1.76. The molecule has 0 radical (unpaired) electrons. The van der Waals surface area contributed by atoms with Gasteiger partial charge >= 0.3 is 0 Å². The highest BCUT2D eigenvalue weighted by atomic mass is 32.2. The Kier molecular flexibility index (Phi) is 4.84. The Balaban J connectivity index is 1.65. The molecule has 1 aliphatic rings. The number of rotatable bonds is 4. The van der Waals surface area contributed by atoms with E-state index in [2.05, 4.69) is 5.32 Å². The van der Waals surface area contributed by atoms with Crippen LogP contribution < -0.4 is 9.62 Å². The van der Waals surface area contributed by atoms with Crippen LogP contribution in [-0.4, -0.2) is 20.4 Å². The first-order valence-electron chi connectivity index (χ1n) is 9.16. The number of halogens is 1. The number of nitrogens with one attached hydrogen (secondary N) is 1. The number of amides is 1. The van der Waals surface area contributed by atoms with E-state index in [1.165, 1.54) is 16.4 Å². The van der Waals surface area contributed by atoms with Crippen LogP contribution in [0.4, 0.5) is 15.8 Å². The molecule has 0 fully saturated rings. The maximum atomic E-state index is 13.8. The van der Waals surface area contributed by atoms with Gasteiger partial charge in [-0.25, -0.2) is 12.8 Å². The van der Waals surface area contributed by atoms with Crippen LogP contribution in [0.1, 0.15) is 22.8 Å². The molecule has 29 heavy (non-hydrogen) atoms. The second-order valence-electron chi connectivity index (χ2n) is 6.94. The van der Waals surface area contributed by atoms with Crippen molar-refractivity contribution in [2.24, 2.45) is 0 Å². The van der Waals surface area contributed by atoms with Crippen molar-refractivity contribution in [2.45, 2.75) is 24.3 Å². The van der Waals surface area contributed by atoms with Crippen LogP contribution in [0.3, 0.4) is 0 Å². The van der Waals surface area contributed by atoms with Gasteiger partial charge in [0.25, 0.3) is 15.9 Å². The number of benzene rings is 3. The number of hydrogen-bond acceptors (Lipinski definition) is 3. The molecule has 3 aromatic carbocycles. The van der Waals surface area contributed by atoms with Gasteiger partial charge in [-0.05, 0) is 61.4 Å². The quantitative estimate of drug-likeness (QED) is 0.700. The summed E-state index contributed by atoms with van der Waals surface area (Å²) in [6, 6.07) is 18.8.